The normalized spacial score (nSPS) is 22.8. The second-order valence-corrected chi connectivity index (χ2v) is 13.0. The lowest BCUT2D eigenvalue weighted by Gasteiger charge is -2.38. The summed E-state index contributed by atoms with van der Waals surface area (Å²) in [7, 11) is 0. The molecule has 4 heteroatoms. The van der Waals surface area contributed by atoms with Gasteiger partial charge in [-0.1, -0.05) is 145 Å². The Morgan fingerprint density at radius 1 is 0.705 bits per heavy atom. The zero-order valence-electron chi connectivity index (χ0n) is 28.5. The van der Waals surface area contributed by atoms with Gasteiger partial charge < -0.3 is 20.4 Å². The number of allylic oxidation sites excluding steroid dienone is 22. The second kappa shape index (κ2) is 18.5. The van der Waals surface area contributed by atoms with E-state index in [9.17, 15) is 20.4 Å². The van der Waals surface area contributed by atoms with E-state index in [2.05, 4.69) is 83.2 Å². The molecule has 44 heavy (non-hydrogen) atoms. The molecule has 0 radical (unpaired) electrons. The average Bonchev–Trinajstić information content (AvgIpc) is 2.91. The quantitative estimate of drug-likeness (QED) is 0.160. The lowest BCUT2D eigenvalue weighted by Crippen LogP contribution is -2.38. The van der Waals surface area contributed by atoms with Crippen LogP contribution >= 0.6 is 0 Å². The van der Waals surface area contributed by atoms with Gasteiger partial charge in [0, 0.05) is 0 Å². The van der Waals surface area contributed by atoms with E-state index in [0.717, 1.165) is 39.0 Å². The lowest BCUT2D eigenvalue weighted by molar-refractivity contribution is -0.0226. The van der Waals surface area contributed by atoms with Crippen molar-refractivity contribution < 1.29 is 20.4 Å². The van der Waals surface area contributed by atoms with Crippen LogP contribution < -0.4 is 0 Å². The molecule has 0 heterocycles. The summed E-state index contributed by atoms with van der Waals surface area (Å²) in [5.74, 6) is 0. The molecule has 3 unspecified atom stereocenters. The Morgan fingerprint density at radius 2 is 1.09 bits per heavy atom. The minimum atomic E-state index is -1.16. The third-order valence-electron chi connectivity index (χ3n) is 7.44. The Bertz CT molecular complexity index is 1320. The smallest absolute Gasteiger partial charge is 0.101 e. The molecule has 0 aromatic rings. The van der Waals surface area contributed by atoms with Crippen LogP contribution in [0.25, 0.3) is 0 Å². The van der Waals surface area contributed by atoms with Crippen molar-refractivity contribution in [2.75, 3.05) is 0 Å². The van der Waals surface area contributed by atoms with Crippen molar-refractivity contribution in [2.45, 2.75) is 99.6 Å². The SMILES string of the molecule is CC1=C(/C=C/C(C)=C/C=C/C(C)=C/C=C/C=C(C)/C=C/C=C(C)/C=C/C=C(C)/C=C/C(O)C(C)(C)O)C(C)(C)CC(O)C1O. The number of hydrogen-bond acceptors (Lipinski definition) is 4. The molecule has 3 atom stereocenters. The van der Waals surface area contributed by atoms with Crippen LogP contribution in [0, 0.1) is 5.41 Å². The first-order chi connectivity index (χ1) is 20.4. The van der Waals surface area contributed by atoms with Crippen molar-refractivity contribution in [3.8, 4) is 0 Å². The fourth-order valence-electron chi connectivity index (χ4n) is 4.52. The molecule has 0 spiro atoms. The lowest BCUT2D eigenvalue weighted by atomic mass is 9.70. The van der Waals surface area contributed by atoms with Crippen molar-refractivity contribution in [1.82, 2.24) is 0 Å². The molecule has 4 nitrogen and oxygen atoms in total. The largest absolute Gasteiger partial charge is 0.390 e. The molecule has 0 aliphatic heterocycles. The van der Waals surface area contributed by atoms with Crippen LogP contribution in [0.3, 0.4) is 0 Å². The van der Waals surface area contributed by atoms with E-state index >= 15 is 0 Å². The highest BCUT2D eigenvalue weighted by Crippen LogP contribution is 2.41. The summed E-state index contributed by atoms with van der Waals surface area (Å²) < 4.78 is 0. The minimum absolute atomic E-state index is 0.182. The Morgan fingerprint density at radius 3 is 1.52 bits per heavy atom. The molecular weight excluding hydrogens is 544 g/mol. The van der Waals surface area contributed by atoms with E-state index in [1.165, 1.54) is 0 Å². The first-order valence-electron chi connectivity index (χ1n) is 15.3. The molecule has 240 valence electrons. The van der Waals surface area contributed by atoms with Gasteiger partial charge in [0.05, 0.1) is 11.7 Å². The zero-order chi connectivity index (χ0) is 33.5. The molecule has 0 saturated carbocycles. The standard InChI is InChI=1S/C40H56O4/c1-29(18-13-20-31(3)21-15-23-33(5)25-27-37(42)40(9,10)44)16-11-12-17-30(2)19-14-22-32(4)24-26-35-34(6)38(43)36(41)28-39(35,7)8/h11-27,36-38,41-44H,28H2,1-10H3/b12-11+,18-13+,19-14+,21-15+,26-24+,27-25+,29-16+,30-17+,31-20+,32-22+,33-23+. The molecule has 1 aliphatic carbocycles. The van der Waals surface area contributed by atoms with Crippen LogP contribution in [0.4, 0.5) is 0 Å². The van der Waals surface area contributed by atoms with Crippen LogP contribution in [-0.4, -0.2) is 44.3 Å². The molecule has 0 aromatic carbocycles. The average molecular weight is 601 g/mol. The van der Waals surface area contributed by atoms with Gasteiger partial charge in [0.1, 0.15) is 12.2 Å². The summed E-state index contributed by atoms with van der Waals surface area (Å²) in [6.45, 7) is 19.4. The second-order valence-electron chi connectivity index (χ2n) is 13.0. The van der Waals surface area contributed by atoms with Gasteiger partial charge in [0.15, 0.2) is 0 Å². The summed E-state index contributed by atoms with van der Waals surface area (Å²) in [6, 6.07) is 0. The Labute approximate surface area is 267 Å². The summed E-state index contributed by atoms with van der Waals surface area (Å²) in [5, 5.41) is 40.1. The van der Waals surface area contributed by atoms with Gasteiger partial charge in [0.25, 0.3) is 0 Å². The molecule has 0 aromatic heterocycles. The molecule has 0 fully saturated rings. The molecule has 4 N–H and O–H groups in total. The van der Waals surface area contributed by atoms with E-state index in [1.807, 2.05) is 63.3 Å². The molecular formula is C40H56O4. The van der Waals surface area contributed by atoms with Crippen molar-refractivity contribution in [3.05, 3.63) is 142 Å². The van der Waals surface area contributed by atoms with Gasteiger partial charge in [-0.25, -0.2) is 0 Å². The highest BCUT2D eigenvalue weighted by Gasteiger charge is 2.36. The summed E-state index contributed by atoms with van der Waals surface area (Å²) in [5.41, 5.74) is 6.07. The highest BCUT2D eigenvalue weighted by molar-refractivity contribution is 5.39. The predicted molar refractivity (Wildman–Crippen MR) is 189 cm³/mol. The van der Waals surface area contributed by atoms with Crippen LogP contribution in [0.15, 0.2) is 142 Å². The van der Waals surface area contributed by atoms with Crippen LogP contribution in [0.2, 0.25) is 0 Å². The zero-order valence-corrected chi connectivity index (χ0v) is 28.5. The maximum atomic E-state index is 10.3. The number of rotatable bonds is 13. The fraction of sp³-hybridized carbons (Fsp3) is 0.400. The van der Waals surface area contributed by atoms with Crippen molar-refractivity contribution >= 4 is 0 Å². The number of aliphatic hydroxyl groups excluding tert-OH is 3. The van der Waals surface area contributed by atoms with Gasteiger partial charge in [-0.3, -0.25) is 0 Å². The van der Waals surface area contributed by atoms with Crippen molar-refractivity contribution in [2.24, 2.45) is 5.41 Å². The fourth-order valence-corrected chi connectivity index (χ4v) is 4.52. The van der Waals surface area contributed by atoms with Crippen molar-refractivity contribution in [1.29, 1.82) is 0 Å². The first-order valence-corrected chi connectivity index (χ1v) is 15.3. The summed E-state index contributed by atoms with van der Waals surface area (Å²) in [6.07, 6.45) is 32.1. The van der Waals surface area contributed by atoms with Crippen LogP contribution in [0.5, 0.6) is 0 Å². The monoisotopic (exact) mass is 600 g/mol. The Kier molecular flexibility index (Phi) is 16.3. The highest BCUT2D eigenvalue weighted by atomic mass is 16.3. The Balaban J connectivity index is 2.66. The molecule has 1 rings (SSSR count). The summed E-state index contributed by atoms with van der Waals surface area (Å²) >= 11 is 0. The van der Waals surface area contributed by atoms with Gasteiger partial charge in [0.2, 0.25) is 0 Å². The third kappa shape index (κ3) is 14.9. The van der Waals surface area contributed by atoms with Gasteiger partial charge >= 0.3 is 0 Å². The number of aliphatic hydroxyl groups is 4. The van der Waals surface area contributed by atoms with Crippen LogP contribution in [-0.2, 0) is 0 Å². The third-order valence-corrected chi connectivity index (χ3v) is 7.44. The number of hydrogen-bond donors (Lipinski definition) is 4. The molecule has 0 saturated heterocycles. The maximum Gasteiger partial charge on any atom is 0.101 e. The van der Waals surface area contributed by atoms with Crippen molar-refractivity contribution in [3.63, 3.8) is 0 Å². The van der Waals surface area contributed by atoms with E-state index in [4.69, 9.17) is 0 Å². The van der Waals surface area contributed by atoms with E-state index in [0.29, 0.717) is 6.42 Å². The van der Waals surface area contributed by atoms with Gasteiger partial charge in [-0.2, -0.15) is 0 Å². The van der Waals surface area contributed by atoms with Gasteiger partial charge in [-0.05, 0) is 78.4 Å². The van der Waals surface area contributed by atoms with E-state index in [-0.39, 0.29) is 5.41 Å². The van der Waals surface area contributed by atoms with Gasteiger partial charge in [-0.15, -0.1) is 0 Å². The molecule has 0 bridgehead atoms. The Hall–Kier alpha value is -3.28. The molecule has 1 aliphatic rings. The first kappa shape index (κ1) is 38.7. The van der Waals surface area contributed by atoms with Crippen LogP contribution in [0.1, 0.15) is 75.7 Å². The minimum Gasteiger partial charge on any atom is -0.390 e. The predicted octanol–water partition coefficient (Wildman–Crippen LogP) is 8.66. The topological polar surface area (TPSA) is 80.9 Å². The summed E-state index contributed by atoms with van der Waals surface area (Å²) in [4.78, 5) is 0. The maximum absolute atomic E-state index is 10.3. The molecule has 0 amide bonds. The van der Waals surface area contributed by atoms with E-state index in [1.54, 1.807) is 26.0 Å². The van der Waals surface area contributed by atoms with E-state index < -0.39 is 23.9 Å².